The molecule has 0 aromatic rings. The van der Waals surface area contributed by atoms with Gasteiger partial charge in [-0.3, -0.25) is 0 Å². The van der Waals surface area contributed by atoms with Gasteiger partial charge in [0.05, 0.1) is 6.61 Å². The summed E-state index contributed by atoms with van der Waals surface area (Å²) in [6, 6.07) is 0. The highest BCUT2D eigenvalue weighted by Gasteiger charge is 2.31. The van der Waals surface area contributed by atoms with Crippen LogP contribution in [0.15, 0.2) is 11.8 Å². The molecular formula is C22H42O2. The van der Waals surface area contributed by atoms with Gasteiger partial charge in [-0.2, -0.15) is 0 Å². The molecule has 1 unspecified atom stereocenters. The maximum atomic E-state index is 5.68. The van der Waals surface area contributed by atoms with Crippen LogP contribution in [0.2, 0.25) is 0 Å². The van der Waals surface area contributed by atoms with Gasteiger partial charge in [-0.15, -0.1) is 0 Å². The van der Waals surface area contributed by atoms with E-state index in [-0.39, 0.29) is 6.10 Å². The lowest BCUT2D eigenvalue weighted by Crippen LogP contribution is -2.02. The highest BCUT2D eigenvalue weighted by molar-refractivity contribution is 5.13. The minimum absolute atomic E-state index is 0.275. The van der Waals surface area contributed by atoms with Crippen molar-refractivity contribution >= 4 is 0 Å². The van der Waals surface area contributed by atoms with Crippen LogP contribution in [0.4, 0.5) is 0 Å². The molecule has 0 bridgehead atoms. The average molecular weight is 339 g/mol. The molecule has 2 nitrogen and oxygen atoms in total. The fourth-order valence-corrected chi connectivity index (χ4v) is 3.22. The van der Waals surface area contributed by atoms with Crippen molar-refractivity contribution in [2.45, 2.75) is 116 Å². The molecule has 24 heavy (non-hydrogen) atoms. The largest absolute Gasteiger partial charge is 0.481 e. The van der Waals surface area contributed by atoms with E-state index in [1.807, 2.05) is 0 Å². The first kappa shape index (κ1) is 21.5. The minimum atomic E-state index is 0.275. The lowest BCUT2D eigenvalue weighted by atomic mass is 10.0. The molecule has 0 amide bonds. The third-order valence-electron chi connectivity index (χ3n) is 4.86. The van der Waals surface area contributed by atoms with Gasteiger partial charge in [0.2, 0.25) is 0 Å². The summed E-state index contributed by atoms with van der Waals surface area (Å²) in [7, 11) is 0. The van der Waals surface area contributed by atoms with Crippen LogP contribution in [0.1, 0.15) is 110 Å². The van der Waals surface area contributed by atoms with E-state index in [0.29, 0.717) is 0 Å². The molecule has 2 heteroatoms. The van der Waals surface area contributed by atoms with Crippen LogP contribution < -0.4 is 0 Å². The Labute approximate surface area is 151 Å². The third-order valence-corrected chi connectivity index (χ3v) is 4.86. The molecule has 142 valence electrons. The summed E-state index contributed by atoms with van der Waals surface area (Å²) in [5.74, 6) is 1.14. The Bertz CT molecular complexity index is 298. The van der Waals surface area contributed by atoms with Crippen molar-refractivity contribution < 1.29 is 9.47 Å². The third kappa shape index (κ3) is 12.9. The fourth-order valence-electron chi connectivity index (χ4n) is 3.22. The van der Waals surface area contributed by atoms with Crippen LogP contribution >= 0.6 is 0 Å². The van der Waals surface area contributed by atoms with E-state index in [2.05, 4.69) is 19.9 Å². The van der Waals surface area contributed by atoms with Gasteiger partial charge in [-0.1, -0.05) is 97.3 Å². The molecule has 1 aliphatic rings. The summed E-state index contributed by atoms with van der Waals surface area (Å²) < 4.78 is 11.1. The Morgan fingerprint density at radius 1 is 0.750 bits per heavy atom. The summed E-state index contributed by atoms with van der Waals surface area (Å²) in [6.45, 7) is 6.08. The standard InChI is InChI=1S/C22H42O2/c1-3-5-6-7-8-9-10-11-12-13-14-15-16-17-19-23-20-22-21(24-22)18-4-2/h18,22H,3-17,19-20H2,1-2H3. The van der Waals surface area contributed by atoms with E-state index in [0.717, 1.165) is 25.4 Å². The van der Waals surface area contributed by atoms with E-state index in [1.54, 1.807) is 0 Å². The van der Waals surface area contributed by atoms with Crippen LogP contribution in [0, 0.1) is 0 Å². The molecule has 0 aromatic carbocycles. The van der Waals surface area contributed by atoms with Crippen LogP contribution in [0.3, 0.4) is 0 Å². The average Bonchev–Trinajstić information content (AvgIpc) is 3.33. The molecule has 0 N–H and O–H groups in total. The maximum Gasteiger partial charge on any atom is 0.178 e. The number of allylic oxidation sites excluding steroid dienone is 1. The summed E-state index contributed by atoms with van der Waals surface area (Å²) >= 11 is 0. The van der Waals surface area contributed by atoms with Gasteiger partial charge >= 0.3 is 0 Å². The smallest absolute Gasteiger partial charge is 0.178 e. The number of unbranched alkanes of at least 4 members (excludes halogenated alkanes) is 13. The molecule has 1 fully saturated rings. The second-order valence-corrected chi connectivity index (χ2v) is 7.29. The quantitative estimate of drug-likeness (QED) is 0.195. The number of ether oxygens (including phenoxy) is 2. The summed E-state index contributed by atoms with van der Waals surface area (Å²) in [4.78, 5) is 0. The van der Waals surface area contributed by atoms with Gasteiger partial charge in [-0.25, -0.2) is 0 Å². The van der Waals surface area contributed by atoms with Crippen LogP contribution in [0.5, 0.6) is 0 Å². The summed E-state index contributed by atoms with van der Waals surface area (Å²) in [6.07, 6.45) is 23.2. The van der Waals surface area contributed by atoms with Crippen LogP contribution in [-0.4, -0.2) is 19.3 Å². The number of hydrogen-bond acceptors (Lipinski definition) is 2. The van der Waals surface area contributed by atoms with Crippen molar-refractivity contribution in [2.75, 3.05) is 13.2 Å². The molecule has 0 aromatic heterocycles. The van der Waals surface area contributed by atoms with Gasteiger partial charge in [-0.05, 0) is 18.9 Å². The molecule has 1 aliphatic heterocycles. The Balaban J connectivity index is 1.66. The van der Waals surface area contributed by atoms with Crippen molar-refractivity contribution in [2.24, 2.45) is 0 Å². The molecule has 1 rings (SSSR count). The number of hydrogen-bond donors (Lipinski definition) is 0. The molecule has 0 saturated carbocycles. The van der Waals surface area contributed by atoms with Gasteiger partial charge in [0.15, 0.2) is 6.10 Å². The predicted molar refractivity (Wildman–Crippen MR) is 104 cm³/mol. The lowest BCUT2D eigenvalue weighted by Gasteiger charge is -2.03. The molecule has 1 saturated heterocycles. The van der Waals surface area contributed by atoms with E-state index in [1.165, 1.54) is 89.9 Å². The zero-order chi connectivity index (χ0) is 17.3. The summed E-state index contributed by atoms with van der Waals surface area (Å²) in [5, 5.41) is 0. The van der Waals surface area contributed by atoms with E-state index in [4.69, 9.17) is 9.47 Å². The highest BCUT2D eigenvalue weighted by atomic mass is 16.6. The number of epoxide rings is 1. The van der Waals surface area contributed by atoms with Crippen molar-refractivity contribution in [3.05, 3.63) is 11.8 Å². The molecular weight excluding hydrogens is 296 g/mol. The molecule has 1 atom stereocenters. The molecule has 0 radical (unpaired) electrons. The normalized spacial score (nSPS) is 18.1. The van der Waals surface area contributed by atoms with Crippen molar-refractivity contribution in [3.8, 4) is 0 Å². The van der Waals surface area contributed by atoms with E-state index in [9.17, 15) is 0 Å². The Kier molecular flexibility index (Phi) is 14.4. The Morgan fingerprint density at radius 3 is 1.75 bits per heavy atom. The second kappa shape index (κ2) is 16.0. The zero-order valence-corrected chi connectivity index (χ0v) is 16.5. The van der Waals surface area contributed by atoms with Gasteiger partial charge in [0, 0.05) is 6.61 Å². The van der Waals surface area contributed by atoms with E-state index < -0.39 is 0 Å². The summed E-state index contributed by atoms with van der Waals surface area (Å²) in [5.41, 5.74) is 0. The number of rotatable bonds is 18. The van der Waals surface area contributed by atoms with Gasteiger partial charge in [0.25, 0.3) is 0 Å². The first-order valence-electron chi connectivity index (χ1n) is 10.8. The van der Waals surface area contributed by atoms with Crippen LogP contribution in [-0.2, 0) is 9.47 Å². The molecule has 0 aliphatic carbocycles. The SMILES string of the molecule is CCC=C1OC1COCCCCCCCCCCCCCCCC. The maximum absolute atomic E-state index is 5.68. The topological polar surface area (TPSA) is 21.8 Å². The van der Waals surface area contributed by atoms with Crippen LogP contribution in [0.25, 0.3) is 0 Å². The Hall–Kier alpha value is -0.500. The van der Waals surface area contributed by atoms with Crippen molar-refractivity contribution in [1.29, 1.82) is 0 Å². The second-order valence-electron chi connectivity index (χ2n) is 7.29. The van der Waals surface area contributed by atoms with Crippen molar-refractivity contribution in [1.82, 2.24) is 0 Å². The van der Waals surface area contributed by atoms with Gasteiger partial charge in [0.1, 0.15) is 5.76 Å². The first-order chi connectivity index (χ1) is 11.9. The fraction of sp³-hybridized carbons (Fsp3) is 0.909. The van der Waals surface area contributed by atoms with Gasteiger partial charge < -0.3 is 9.47 Å². The monoisotopic (exact) mass is 338 g/mol. The van der Waals surface area contributed by atoms with Crippen molar-refractivity contribution in [3.63, 3.8) is 0 Å². The zero-order valence-electron chi connectivity index (χ0n) is 16.5. The minimum Gasteiger partial charge on any atom is -0.481 e. The lowest BCUT2D eigenvalue weighted by molar-refractivity contribution is 0.113. The Morgan fingerprint density at radius 2 is 1.25 bits per heavy atom. The predicted octanol–water partition coefficient (Wildman–Crippen LogP) is 7.18. The molecule has 1 heterocycles. The van der Waals surface area contributed by atoms with E-state index >= 15 is 0 Å². The first-order valence-corrected chi connectivity index (χ1v) is 10.8. The molecule has 0 spiro atoms. The highest BCUT2D eigenvalue weighted by Crippen LogP contribution is 2.27.